The van der Waals surface area contributed by atoms with Crippen LogP contribution in [0.4, 0.5) is 0 Å². The Kier molecular flexibility index (Phi) is 5.08. The summed E-state index contributed by atoms with van der Waals surface area (Å²) in [7, 11) is 0. The summed E-state index contributed by atoms with van der Waals surface area (Å²) in [6.45, 7) is 0.103. The van der Waals surface area contributed by atoms with E-state index in [1.54, 1.807) is 12.1 Å². The lowest BCUT2D eigenvalue weighted by Gasteiger charge is -2.24. The molecule has 1 amide bonds. The quantitative estimate of drug-likeness (QED) is 0.819. The highest BCUT2D eigenvalue weighted by Crippen LogP contribution is 2.23. The van der Waals surface area contributed by atoms with Crippen molar-refractivity contribution in [2.45, 2.75) is 38.1 Å². The Bertz CT molecular complexity index is 493. The lowest BCUT2D eigenvalue weighted by Crippen LogP contribution is -2.41. The number of amides is 1. The number of hydrogen-bond donors (Lipinski definition) is 2. The number of nitrogens with one attached hydrogen (secondary N) is 1. The van der Waals surface area contributed by atoms with E-state index < -0.39 is 0 Å². The standard InChI is InChI=1S/C15H19N3O2/c16-8-11-6-7-14(17-9-11)15(20)18-13-5-3-1-2-4-12(13)10-19/h6-7,9,12-13,19H,1-5,10H2,(H,18,20). The summed E-state index contributed by atoms with van der Waals surface area (Å²) in [6.07, 6.45) is 6.56. The van der Waals surface area contributed by atoms with E-state index >= 15 is 0 Å². The first-order valence-corrected chi connectivity index (χ1v) is 7.02. The van der Waals surface area contributed by atoms with E-state index in [0.717, 1.165) is 32.1 Å². The number of aliphatic hydroxyl groups is 1. The van der Waals surface area contributed by atoms with Gasteiger partial charge in [0.25, 0.3) is 5.91 Å². The number of rotatable bonds is 3. The van der Waals surface area contributed by atoms with E-state index in [9.17, 15) is 9.90 Å². The highest BCUT2D eigenvalue weighted by molar-refractivity contribution is 5.92. The molecule has 2 atom stereocenters. The fraction of sp³-hybridized carbons (Fsp3) is 0.533. The maximum atomic E-state index is 12.1. The van der Waals surface area contributed by atoms with Gasteiger partial charge < -0.3 is 10.4 Å². The molecule has 5 heteroatoms. The van der Waals surface area contributed by atoms with Gasteiger partial charge in [-0.25, -0.2) is 4.98 Å². The first kappa shape index (κ1) is 14.5. The molecular weight excluding hydrogens is 254 g/mol. The zero-order chi connectivity index (χ0) is 14.4. The van der Waals surface area contributed by atoms with Crippen molar-refractivity contribution in [3.8, 4) is 6.07 Å². The Labute approximate surface area is 118 Å². The first-order valence-electron chi connectivity index (χ1n) is 7.02. The number of nitriles is 1. The topological polar surface area (TPSA) is 86.0 Å². The van der Waals surface area contributed by atoms with Gasteiger partial charge in [0.2, 0.25) is 0 Å². The van der Waals surface area contributed by atoms with Gasteiger partial charge in [0.1, 0.15) is 11.8 Å². The highest BCUT2D eigenvalue weighted by atomic mass is 16.3. The Hall–Kier alpha value is -1.93. The third kappa shape index (κ3) is 3.55. The zero-order valence-corrected chi connectivity index (χ0v) is 11.4. The van der Waals surface area contributed by atoms with Crippen molar-refractivity contribution in [3.05, 3.63) is 29.6 Å². The van der Waals surface area contributed by atoms with Gasteiger partial charge in [-0.15, -0.1) is 0 Å². The van der Waals surface area contributed by atoms with Gasteiger partial charge >= 0.3 is 0 Å². The maximum absolute atomic E-state index is 12.1. The molecule has 1 aliphatic carbocycles. The van der Waals surface area contributed by atoms with E-state index in [1.807, 2.05) is 6.07 Å². The van der Waals surface area contributed by atoms with Crippen LogP contribution in [-0.2, 0) is 0 Å². The fourth-order valence-electron chi connectivity index (χ4n) is 2.63. The molecule has 1 saturated carbocycles. The van der Waals surface area contributed by atoms with E-state index in [4.69, 9.17) is 5.26 Å². The average molecular weight is 273 g/mol. The lowest BCUT2D eigenvalue weighted by atomic mass is 9.95. The Morgan fingerprint density at radius 3 is 2.85 bits per heavy atom. The summed E-state index contributed by atoms with van der Waals surface area (Å²) >= 11 is 0. The molecule has 1 aliphatic rings. The van der Waals surface area contributed by atoms with Crippen molar-refractivity contribution in [1.82, 2.24) is 10.3 Å². The summed E-state index contributed by atoms with van der Waals surface area (Å²) in [5, 5.41) is 21.1. The zero-order valence-electron chi connectivity index (χ0n) is 11.4. The number of nitrogens with zero attached hydrogens (tertiary/aromatic N) is 2. The number of pyridine rings is 1. The number of aromatic nitrogens is 1. The summed E-state index contributed by atoms with van der Waals surface area (Å²) < 4.78 is 0. The number of hydrogen-bond acceptors (Lipinski definition) is 4. The van der Waals surface area contributed by atoms with Crippen LogP contribution in [0.25, 0.3) is 0 Å². The molecule has 1 fully saturated rings. The first-order chi connectivity index (χ1) is 9.74. The fourth-order valence-corrected chi connectivity index (χ4v) is 2.63. The van der Waals surface area contributed by atoms with Crippen LogP contribution in [-0.4, -0.2) is 28.6 Å². The molecular formula is C15H19N3O2. The summed E-state index contributed by atoms with van der Waals surface area (Å²) in [5.41, 5.74) is 0.745. The van der Waals surface area contributed by atoms with Crippen molar-refractivity contribution in [2.75, 3.05) is 6.61 Å². The minimum atomic E-state index is -0.236. The Balaban J connectivity index is 2.03. The molecule has 0 spiro atoms. The SMILES string of the molecule is N#Cc1ccc(C(=O)NC2CCCCCC2CO)nc1. The van der Waals surface area contributed by atoms with Gasteiger partial charge in [-0.05, 0) is 25.0 Å². The van der Waals surface area contributed by atoms with Crippen LogP contribution in [0.5, 0.6) is 0 Å². The second-order valence-corrected chi connectivity index (χ2v) is 5.20. The lowest BCUT2D eigenvalue weighted by molar-refractivity contribution is 0.0894. The van der Waals surface area contributed by atoms with E-state index in [-0.39, 0.29) is 24.5 Å². The molecule has 5 nitrogen and oxygen atoms in total. The number of aliphatic hydroxyl groups excluding tert-OH is 1. The highest BCUT2D eigenvalue weighted by Gasteiger charge is 2.25. The van der Waals surface area contributed by atoms with Gasteiger partial charge in [-0.1, -0.05) is 19.3 Å². The molecule has 2 rings (SSSR count). The summed E-state index contributed by atoms with van der Waals surface area (Å²) in [5.74, 6) is -0.111. The van der Waals surface area contributed by atoms with E-state index in [0.29, 0.717) is 11.3 Å². The van der Waals surface area contributed by atoms with Crippen molar-refractivity contribution in [2.24, 2.45) is 5.92 Å². The molecule has 1 heterocycles. The smallest absolute Gasteiger partial charge is 0.270 e. The van der Waals surface area contributed by atoms with Crippen LogP contribution in [0.2, 0.25) is 0 Å². The summed E-state index contributed by atoms with van der Waals surface area (Å²) in [4.78, 5) is 16.1. The minimum Gasteiger partial charge on any atom is -0.396 e. The second-order valence-electron chi connectivity index (χ2n) is 5.20. The molecule has 2 unspecified atom stereocenters. The van der Waals surface area contributed by atoms with Crippen LogP contribution in [0, 0.1) is 17.2 Å². The van der Waals surface area contributed by atoms with Crippen molar-refractivity contribution < 1.29 is 9.90 Å². The van der Waals surface area contributed by atoms with Crippen LogP contribution in [0.3, 0.4) is 0 Å². The molecule has 2 N–H and O–H groups in total. The number of carbonyl (C=O) groups excluding carboxylic acids is 1. The summed E-state index contributed by atoms with van der Waals surface area (Å²) in [6, 6.07) is 5.11. The molecule has 1 aromatic rings. The van der Waals surface area contributed by atoms with Gasteiger partial charge in [-0.2, -0.15) is 5.26 Å². The van der Waals surface area contributed by atoms with Crippen LogP contribution in [0.15, 0.2) is 18.3 Å². The molecule has 0 aromatic carbocycles. The van der Waals surface area contributed by atoms with E-state index in [2.05, 4.69) is 10.3 Å². The van der Waals surface area contributed by atoms with Gasteiger partial charge in [0, 0.05) is 24.8 Å². The predicted octanol–water partition coefficient (Wildman–Crippen LogP) is 1.62. The maximum Gasteiger partial charge on any atom is 0.270 e. The average Bonchev–Trinajstić information content (AvgIpc) is 2.72. The number of carbonyl (C=O) groups is 1. The van der Waals surface area contributed by atoms with Crippen LogP contribution >= 0.6 is 0 Å². The third-order valence-electron chi connectivity index (χ3n) is 3.84. The minimum absolute atomic E-state index is 0.00689. The van der Waals surface area contributed by atoms with Crippen molar-refractivity contribution in [3.63, 3.8) is 0 Å². The molecule has 0 aliphatic heterocycles. The monoisotopic (exact) mass is 273 g/mol. The molecule has 0 saturated heterocycles. The molecule has 1 aromatic heterocycles. The Morgan fingerprint density at radius 2 is 2.20 bits per heavy atom. The second kappa shape index (κ2) is 7.01. The van der Waals surface area contributed by atoms with Crippen molar-refractivity contribution in [1.29, 1.82) is 5.26 Å². The van der Waals surface area contributed by atoms with E-state index in [1.165, 1.54) is 6.20 Å². The Morgan fingerprint density at radius 1 is 1.40 bits per heavy atom. The molecule has 0 bridgehead atoms. The van der Waals surface area contributed by atoms with Gasteiger partial charge in [-0.3, -0.25) is 4.79 Å². The normalized spacial score (nSPS) is 22.6. The van der Waals surface area contributed by atoms with Crippen LogP contribution in [0.1, 0.15) is 48.2 Å². The molecule has 20 heavy (non-hydrogen) atoms. The molecule has 0 radical (unpaired) electrons. The van der Waals surface area contributed by atoms with Gasteiger partial charge in [0.15, 0.2) is 0 Å². The molecule has 106 valence electrons. The van der Waals surface area contributed by atoms with Gasteiger partial charge in [0.05, 0.1) is 5.56 Å². The van der Waals surface area contributed by atoms with Crippen LogP contribution < -0.4 is 5.32 Å². The largest absolute Gasteiger partial charge is 0.396 e. The van der Waals surface area contributed by atoms with Crippen molar-refractivity contribution >= 4 is 5.91 Å². The predicted molar refractivity (Wildman–Crippen MR) is 73.9 cm³/mol. The third-order valence-corrected chi connectivity index (χ3v) is 3.84.